The van der Waals surface area contributed by atoms with Gasteiger partial charge in [0.2, 0.25) is 0 Å². The number of nitrogens with one attached hydrogen (secondary N) is 1. The van der Waals surface area contributed by atoms with E-state index in [0.717, 1.165) is 38.0 Å². The van der Waals surface area contributed by atoms with E-state index in [1.165, 1.54) is 12.1 Å². The summed E-state index contributed by atoms with van der Waals surface area (Å²) in [5, 5.41) is 2.90. The third-order valence-electron chi connectivity index (χ3n) is 4.91. The predicted molar refractivity (Wildman–Crippen MR) is 98.8 cm³/mol. The van der Waals surface area contributed by atoms with Gasteiger partial charge in [-0.1, -0.05) is 12.1 Å². The second-order valence-corrected chi connectivity index (χ2v) is 6.93. The van der Waals surface area contributed by atoms with Crippen molar-refractivity contribution in [2.75, 3.05) is 52.4 Å². The number of carbonyl (C=O) groups excluding carboxylic acids is 2. The van der Waals surface area contributed by atoms with E-state index >= 15 is 0 Å². The second-order valence-electron chi connectivity index (χ2n) is 6.93. The number of urea groups is 1. The van der Waals surface area contributed by atoms with Crippen LogP contribution in [0.4, 0.5) is 14.0 Å². The average molecular weight is 378 g/mol. The van der Waals surface area contributed by atoms with Crippen LogP contribution in [-0.4, -0.2) is 79.2 Å². The van der Waals surface area contributed by atoms with Crippen molar-refractivity contribution in [3.8, 4) is 0 Å². The predicted octanol–water partition coefficient (Wildman–Crippen LogP) is 1.89. The fourth-order valence-electron chi connectivity index (χ4n) is 3.39. The SMILES string of the molecule is O=C(NCCN1CCCOC1=O)N1CCCN(Cc2ccc(F)cc2)CC1. The van der Waals surface area contributed by atoms with E-state index in [1.54, 1.807) is 17.0 Å². The van der Waals surface area contributed by atoms with Gasteiger partial charge in [0.25, 0.3) is 0 Å². The Hall–Kier alpha value is -2.35. The molecule has 0 aliphatic carbocycles. The van der Waals surface area contributed by atoms with Crippen LogP contribution in [0.1, 0.15) is 18.4 Å². The number of halogens is 1. The summed E-state index contributed by atoms with van der Waals surface area (Å²) >= 11 is 0. The maximum absolute atomic E-state index is 13.0. The molecule has 148 valence electrons. The van der Waals surface area contributed by atoms with E-state index < -0.39 is 0 Å². The van der Waals surface area contributed by atoms with E-state index in [0.29, 0.717) is 39.3 Å². The molecule has 1 aromatic carbocycles. The Bertz CT molecular complexity index is 640. The first kappa shape index (κ1) is 19.4. The van der Waals surface area contributed by atoms with Crippen molar-refractivity contribution in [3.63, 3.8) is 0 Å². The number of carbonyl (C=O) groups is 2. The number of nitrogens with zero attached hydrogens (tertiary/aromatic N) is 3. The Morgan fingerprint density at radius 3 is 2.67 bits per heavy atom. The molecule has 8 heteroatoms. The average Bonchev–Trinajstić information content (AvgIpc) is 2.91. The fourth-order valence-corrected chi connectivity index (χ4v) is 3.39. The molecule has 27 heavy (non-hydrogen) atoms. The van der Waals surface area contributed by atoms with Crippen LogP contribution in [0.15, 0.2) is 24.3 Å². The van der Waals surface area contributed by atoms with Crippen LogP contribution < -0.4 is 5.32 Å². The van der Waals surface area contributed by atoms with Gasteiger partial charge < -0.3 is 19.9 Å². The largest absolute Gasteiger partial charge is 0.449 e. The molecule has 0 aromatic heterocycles. The molecular weight excluding hydrogens is 351 g/mol. The minimum atomic E-state index is -0.304. The first-order chi connectivity index (χ1) is 13.1. The summed E-state index contributed by atoms with van der Waals surface area (Å²) in [6.45, 7) is 5.84. The highest BCUT2D eigenvalue weighted by Crippen LogP contribution is 2.10. The Kier molecular flexibility index (Phi) is 6.86. The lowest BCUT2D eigenvalue weighted by Gasteiger charge is -2.27. The van der Waals surface area contributed by atoms with Crippen molar-refractivity contribution in [1.82, 2.24) is 20.0 Å². The molecule has 0 radical (unpaired) electrons. The smallest absolute Gasteiger partial charge is 0.409 e. The molecule has 3 amide bonds. The van der Waals surface area contributed by atoms with Gasteiger partial charge in [0.15, 0.2) is 0 Å². The molecule has 0 bridgehead atoms. The number of hydrogen-bond acceptors (Lipinski definition) is 4. The van der Waals surface area contributed by atoms with Gasteiger partial charge in [-0.05, 0) is 30.5 Å². The molecule has 2 aliphatic rings. The molecule has 1 N–H and O–H groups in total. The van der Waals surface area contributed by atoms with Crippen LogP contribution in [0, 0.1) is 5.82 Å². The van der Waals surface area contributed by atoms with Gasteiger partial charge in [-0.25, -0.2) is 14.0 Å². The van der Waals surface area contributed by atoms with Gasteiger partial charge >= 0.3 is 12.1 Å². The van der Waals surface area contributed by atoms with E-state index in [-0.39, 0.29) is 17.9 Å². The molecule has 2 saturated heterocycles. The lowest BCUT2D eigenvalue weighted by atomic mass is 10.2. The number of benzene rings is 1. The lowest BCUT2D eigenvalue weighted by Crippen LogP contribution is -2.46. The molecule has 0 spiro atoms. The Morgan fingerprint density at radius 2 is 1.89 bits per heavy atom. The summed E-state index contributed by atoms with van der Waals surface area (Å²) in [4.78, 5) is 29.7. The molecule has 3 rings (SSSR count). The van der Waals surface area contributed by atoms with Gasteiger partial charge in [0, 0.05) is 52.4 Å². The molecule has 0 unspecified atom stereocenters. The van der Waals surface area contributed by atoms with Crippen LogP contribution in [0.2, 0.25) is 0 Å². The maximum atomic E-state index is 13.0. The molecule has 0 atom stereocenters. The molecule has 2 fully saturated rings. The third-order valence-corrected chi connectivity index (χ3v) is 4.91. The number of amides is 3. The standard InChI is InChI=1S/C19H27FN4O3/c20-17-5-3-16(4-6-17)15-22-8-1-9-23(13-12-22)18(25)21-7-11-24-10-2-14-27-19(24)26/h3-6H,1-2,7-15H2,(H,21,25). The quantitative estimate of drug-likeness (QED) is 0.850. The third kappa shape index (κ3) is 5.82. The van der Waals surface area contributed by atoms with Crippen molar-refractivity contribution in [2.45, 2.75) is 19.4 Å². The first-order valence-electron chi connectivity index (χ1n) is 9.53. The van der Waals surface area contributed by atoms with Crippen LogP contribution in [0.25, 0.3) is 0 Å². The lowest BCUT2D eigenvalue weighted by molar-refractivity contribution is 0.0733. The number of hydrogen-bond donors (Lipinski definition) is 1. The normalized spacial score (nSPS) is 18.8. The van der Waals surface area contributed by atoms with Crippen molar-refractivity contribution in [3.05, 3.63) is 35.6 Å². The van der Waals surface area contributed by atoms with Crippen molar-refractivity contribution in [1.29, 1.82) is 0 Å². The summed E-state index contributed by atoms with van der Waals surface area (Å²) in [6, 6.07) is 6.46. The highest BCUT2D eigenvalue weighted by Gasteiger charge is 2.21. The van der Waals surface area contributed by atoms with Crippen molar-refractivity contribution < 1.29 is 18.7 Å². The minimum Gasteiger partial charge on any atom is -0.449 e. The monoisotopic (exact) mass is 378 g/mol. The van der Waals surface area contributed by atoms with Crippen LogP contribution in [-0.2, 0) is 11.3 Å². The second kappa shape index (κ2) is 9.55. The topological polar surface area (TPSA) is 65.1 Å². The van der Waals surface area contributed by atoms with Gasteiger partial charge in [0.05, 0.1) is 6.61 Å². The Morgan fingerprint density at radius 1 is 1.07 bits per heavy atom. The summed E-state index contributed by atoms with van der Waals surface area (Å²) in [5.41, 5.74) is 1.07. The summed E-state index contributed by atoms with van der Waals surface area (Å²) < 4.78 is 18.0. The van der Waals surface area contributed by atoms with E-state index in [2.05, 4.69) is 10.2 Å². The summed E-state index contributed by atoms with van der Waals surface area (Å²) in [7, 11) is 0. The van der Waals surface area contributed by atoms with Crippen molar-refractivity contribution >= 4 is 12.1 Å². The van der Waals surface area contributed by atoms with E-state index in [4.69, 9.17) is 4.74 Å². The molecule has 1 aromatic rings. The highest BCUT2D eigenvalue weighted by atomic mass is 19.1. The maximum Gasteiger partial charge on any atom is 0.409 e. The molecule has 7 nitrogen and oxygen atoms in total. The first-order valence-corrected chi connectivity index (χ1v) is 9.53. The zero-order chi connectivity index (χ0) is 19.1. The summed E-state index contributed by atoms with van der Waals surface area (Å²) in [6.07, 6.45) is 1.42. The van der Waals surface area contributed by atoms with Gasteiger partial charge in [-0.3, -0.25) is 4.90 Å². The highest BCUT2D eigenvalue weighted by molar-refractivity contribution is 5.74. The molecule has 2 aliphatic heterocycles. The van der Waals surface area contributed by atoms with Gasteiger partial charge in [0.1, 0.15) is 5.82 Å². The van der Waals surface area contributed by atoms with Crippen molar-refractivity contribution in [2.24, 2.45) is 0 Å². The zero-order valence-corrected chi connectivity index (χ0v) is 15.5. The fraction of sp³-hybridized carbons (Fsp3) is 0.579. The van der Waals surface area contributed by atoms with E-state index in [9.17, 15) is 14.0 Å². The minimum absolute atomic E-state index is 0.0935. The number of ether oxygens (including phenoxy) is 1. The molecule has 0 saturated carbocycles. The van der Waals surface area contributed by atoms with E-state index in [1.807, 2.05) is 4.90 Å². The Labute approximate surface area is 159 Å². The number of cyclic esters (lactones) is 1. The van der Waals surface area contributed by atoms with Crippen LogP contribution in [0.5, 0.6) is 0 Å². The van der Waals surface area contributed by atoms with Crippen LogP contribution >= 0.6 is 0 Å². The molecular formula is C19H27FN4O3. The van der Waals surface area contributed by atoms with Gasteiger partial charge in [-0.15, -0.1) is 0 Å². The Balaban J connectivity index is 1.39. The summed E-state index contributed by atoms with van der Waals surface area (Å²) in [5.74, 6) is -0.227. The molecule has 2 heterocycles. The zero-order valence-electron chi connectivity index (χ0n) is 15.5. The number of rotatable bonds is 5. The van der Waals surface area contributed by atoms with Crippen LogP contribution in [0.3, 0.4) is 0 Å². The van der Waals surface area contributed by atoms with Gasteiger partial charge in [-0.2, -0.15) is 0 Å².